The van der Waals surface area contributed by atoms with Gasteiger partial charge in [0.25, 0.3) is 0 Å². The van der Waals surface area contributed by atoms with E-state index in [0.717, 1.165) is 0 Å². The Morgan fingerprint density at radius 2 is 2.06 bits per heavy atom. The second-order valence-electron chi connectivity index (χ2n) is 5.33. The zero-order chi connectivity index (χ0) is 12.3. The van der Waals surface area contributed by atoms with Crippen molar-refractivity contribution in [2.24, 2.45) is 17.8 Å². The van der Waals surface area contributed by atoms with Crippen molar-refractivity contribution >= 4 is 5.91 Å². The summed E-state index contributed by atoms with van der Waals surface area (Å²) in [5.74, 6) is 1.80. The molecular weight excluding hydrogens is 218 g/mol. The van der Waals surface area contributed by atoms with Gasteiger partial charge in [-0.25, -0.2) is 0 Å². The van der Waals surface area contributed by atoms with Crippen molar-refractivity contribution in [3.05, 3.63) is 0 Å². The molecule has 4 heteroatoms. The molecule has 3 atom stereocenters. The molecule has 2 fully saturated rings. The molecule has 17 heavy (non-hydrogen) atoms. The number of fused-ring (bicyclic) bond motifs is 1. The molecule has 0 bridgehead atoms. The zero-order valence-corrected chi connectivity index (χ0v) is 10.5. The second-order valence-corrected chi connectivity index (χ2v) is 5.33. The molecule has 0 aromatic heterocycles. The molecule has 2 aliphatic carbocycles. The number of methoxy groups -OCH3 is 1. The van der Waals surface area contributed by atoms with E-state index in [1.54, 1.807) is 7.11 Å². The molecule has 0 radical (unpaired) electrons. The average Bonchev–Trinajstić information content (AvgIpc) is 3.03. The molecular formula is C13H23NO3. The fraction of sp³-hybridized carbons (Fsp3) is 0.923. The number of hydrogen-bond donors (Lipinski definition) is 2. The third kappa shape index (κ3) is 3.19. The smallest absolute Gasteiger partial charge is 0.223 e. The van der Waals surface area contributed by atoms with Gasteiger partial charge in [-0.2, -0.15) is 0 Å². The van der Waals surface area contributed by atoms with Crippen LogP contribution in [0.15, 0.2) is 0 Å². The first-order valence-corrected chi connectivity index (χ1v) is 6.68. The Kier molecular flexibility index (Phi) is 4.40. The van der Waals surface area contributed by atoms with Crippen LogP contribution in [0, 0.1) is 17.8 Å². The van der Waals surface area contributed by atoms with E-state index in [0.29, 0.717) is 31.4 Å². The highest BCUT2D eigenvalue weighted by molar-refractivity contribution is 5.82. The maximum absolute atomic E-state index is 11.9. The van der Waals surface area contributed by atoms with E-state index in [2.05, 4.69) is 5.32 Å². The number of aliphatic hydroxyl groups is 1. The van der Waals surface area contributed by atoms with Gasteiger partial charge >= 0.3 is 0 Å². The third-order valence-electron chi connectivity index (χ3n) is 4.10. The number of amides is 1. The van der Waals surface area contributed by atoms with E-state index in [1.807, 2.05) is 0 Å². The van der Waals surface area contributed by atoms with Crippen molar-refractivity contribution in [2.75, 3.05) is 20.3 Å². The van der Waals surface area contributed by atoms with E-state index in [9.17, 15) is 9.90 Å². The first-order valence-electron chi connectivity index (χ1n) is 6.68. The Morgan fingerprint density at radius 1 is 1.41 bits per heavy atom. The molecule has 98 valence electrons. The van der Waals surface area contributed by atoms with Gasteiger partial charge in [-0.1, -0.05) is 12.8 Å². The van der Waals surface area contributed by atoms with E-state index in [-0.39, 0.29) is 11.8 Å². The number of rotatable bonds is 6. The lowest BCUT2D eigenvalue weighted by atomic mass is 10.0. The van der Waals surface area contributed by atoms with Crippen LogP contribution in [0.5, 0.6) is 0 Å². The minimum atomic E-state index is -0.471. The number of hydrogen-bond acceptors (Lipinski definition) is 3. The fourth-order valence-electron chi connectivity index (χ4n) is 3.14. The Balaban J connectivity index is 1.62. The maximum atomic E-state index is 11.9. The van der Waals surface area contributed by atoms with Gasteiger partial charge in [-0.05, 0) is 31.1 Å². The normalized spacial score (nSPS) is 32.7. The first kappa shape index (κ1) is 12.8. The van der Waals surface area contributed by atoms with Crippen molar-refractivity contribution < 1.29 is 14.6 Å². The van der Waals surface area contributed by atoms with Crippen LogP contribution in [-0.2, 0) is 9.53 Å². The monoisotopic (exact) mass is 241 g/mol. The average molecular weight is 241 g/mol. The van der Waals surface area contributed by atoms with Gasteiger partial charge in [-0.3, -0.25) is 4.79 Å². The highest BCUT2D eigenvalue weighted by Crippen LogP contribution is 2.55. The molecule has 2 aliphatic rings. The summed E-state index contributed by atoms with van der Waals surface area (Å²) in [5.41, 5.74) is 0. The molecule has 2 N–H and O–H groups in total. The Bertz CT molecular complexity index is 257. The van der Waals surface area contributed by atoms with Crippen LogP contribution in [0.3, 0.4) is 0 Å². The van der Waals surface area contributed by atoms with Crippen LogP contribution in [-0.4, -0.2) is 37.4 Å². The summed E-state index contributed by atoms with van der Waals surface area (Å²) >= 11 is 0. The molecule has 1 amide bonds. The molecule has 0 aromatic rings. The Hall–Kier alpha value is -0.610. The molecule has 4 nitrogen and oxygen atoms in total. The lowest BCUT2D eigenvalue weighted by molar-refractivity contribution is -0.123. The summed E-state index contributed by atoms with van der Waals surface area (Å²) in [6.07, 6.45) is 5.14. The van der Waals surface area contributed by atoms with Crippen molar-refractivity contribution in [2.45, 2.75) is 38.2 Å². The van der Waals surface area contributed by atoms with Crippen LogP contribution in [0.25, 0.3) is 0 Å². The lowest BCUT2D eigenvalue weighted by Crippen LogP contribution is -2.30. The van der Waals surface area contributed by atoms with Crippen LogP contribution in [0.2, 0.25) is 0 Å². The van der Waals surface area contributed by atoms with E-state index < -0.39 is 6.10 Å². The van der Waals surface area contributed by atoms with Crippen molar-refractivity contribution in [3.8, 4) is 0 Å². The summed E-state index contributed by atoms with van der Waals surface area (Å²) in [5, 5.41) is 12.4. The zero-order valence-electron chi connectivity index (χ0n) is 10.5. The molecule has 2 saturated carbocycles. The predicted molar refractivity (Wildman–Crippen MR) is 64.4 cm³/mol. The van der Waals surface area contributed by atoms with E-state index >= 15 is 0 Å². The molecule has 2 rings (SSSR count). The lowest BCUT2D eigenvalue weighted by Gasteiger charge is -2.10. The van der Waals surface area contributed by atoms with Gasteiger partial charge in [0, 0.05) is 19.6 Å². The third-order valence-corrected chi connectivity index (χ3v) is 4.10. The van der Waals surface area contributed by atoms with E-state index in [1.165, 1.54) is 25.7 Å². The summed E-state index contributed by atoms with van der Waals surface area (Å²) in [4.78, 5) is 11.9. The van der Waals surface area contributed by atoms with Crippen LogP contribution in [0.1, 0.15) is 32.1 Å². The number of ether oxygens (including phenoxy) is 1. The van der Waals surface area contributed by atoms with Crippen LogP contribution >= 0.6 is 0 Å². The summed E-state index contributed by atoms with van der Waals surface area (Å²) in [6.45, 7) is 0.893. The first-order chi connectivity index (χ1) is 8.24. The largest absolute Gasteiger partial charge is 0.391 e. The van der Waals surface area contributed by atoms with E-state index in [4.69, 9.17) is 4.74 Å². The fourth-order valence-corrected chi connectivity index (χ4v) is 3.14. The molecule has 0 heterocycles. The Labute approximate surface area is 103 Å². The van der Waals surface area contributed by atoms with Crippen molar-refractivity contribution in [1.29, 1.82) is 0 Å². The summed E-state index contributed by atoms with van der Waals surface area (Å²) in [7, 11) is 1.57. The number of aliphatic hydroxyl groups excluding tert-OH is 1. The van der Waals surface area contributed by atoms with Gasteiger partial charge in [0.15, 0.2) is 0 Å². The molecule has 3 unspecified atom stereocenters. The minimum absolute atomic E-state index is 0.200. The van der Waals surface area contributed by atoms with Gasteiger partial charge in [-0.15, -0.1) is 0 Å². The molecule has 0 aromatic carbocycles. The molecule has 0 aliphatic heterocycles. The van der Waals surface area contributed by atoms with Crippen LogP contribution < -0.4 is 5.32 Å². The highest BCUT2D eigenvalue weighted by Gasteiger charge is 2.54. The molecule has 0 spiro atoms. The summed E-state index contributed by atoms with van der Waals surface area (Å²) < 4.78 is 4.84. The number of carbonyl (C=O) groups is 1. The van der Waals surface area contributed by atoms with Gasteiger partial charge in [0.2, 0.25) is 5.91 Å². The topological polar surface area (TPSA) is 58.6 Å². The molecule has 0 saturated heterocycles. The maximum Gasteiger partial charge on any atom is 0.223 e. The number of nitrogens with one attached hydrogen (secondary N) is 1. The van der Waals surface area contributed by atoms with Gasteiger partial charge in [0.05, 0.1) is 12.7 Å². The van der Waals surface area contributed by atoms with Gasteiger partial charge in [0.1, 0.15) is 0 Å². The highest BCUT2D eigenvalue weighted by atomic mass is 16.5. The minimum Gasteiger partial charge on any atom is -0.391 e. The predicted octanol–water partition coefficient (Wildman–Crippen LogP) is 0.936. The quantitative estimate of drug-likeness (QED) is 0.727. The Morgan fingerprint density at radius 3 is 2.65 bits per heavy atom. The standard InChI is InChI=1S/C13H23NO3/c1-17-8-9(15)6-7-14-13(16)12-10-4-2-3-5-11(10)12/h9-12,15H,2-8H2,1H3,(H,14,16). The number of carbonyl (C=O) groups excluding carboxylic acids is 1. The second kappa shape index (κ2) is 5.83. The van der Waals surface area contributed by atoms with Gasteiger partial charge < -0.3 is 15.2 Å². The van der Waals surface area contributed by atoms with Crippen LogP contribution in [0.4, 0.5) is 0 Å². The SMILES string of the molecule is COCC(O)CCNC(=O)C1C2CCCCC21. The van der Waals surface area contributed by atoms with Crippen molar-refractivity contribution in [3.63, 3.8) is 0 Å². The van der Waals surface area contributed by atoms with Crippen molar-refractivity contribution in [1.82, 2.24) is 5.32 Å². The summed E-state index contributed by atoms with van der Waals surface area (Å²) in [6, 6.07) is 0.